The third kappa shape index (κ3) is 3.97. The molecule has 0 aromatic carbocycles. The number of alkyl halides is 2. The largest absolute Gasteiger partial charge is 0.466 e. The maximum atomic E-state index is 12.8. The van der Waals surface area contributed by atoms with Crippen molar-refractivity contribution >= 4 is 51.2 Å². The maximum Gasteiger partial charge on any atom is 0.310 e. The zero-order valence-corrected chi connectivity index (χ0v) is 13.2. The van der Waals surface area contributed by atoms with Gasteiger partial charge in [-0.15, -0.1) is 0 Å². The van der Waals surface area contributed by atoms with E-state index in [1.165, 1.54) is 6.20 Å². The highest BCUT2D eigenvalue weighted by molar-refractivity contribution is 14.1. The maximum absolute atomic E-state index is 12.8. The van der Waals surface area contributed by atoms with Gasteiger partial charge in [-0.3, -0.25) is 9.78 Å². The van der Waals surface area contributed by atoms with Gasteiger partial charge in [0.15, 0.2) is 0 Å². The topological polar surface area (TPSA) is 39.2 Å². The summed E-state index contributed by atoms with van der Waals surface area (Å²) in [6.07, 6.45) is -1.49. The second-order valence-corrected chi connectivity index (χ2v) is 5.31. The van der Waals surface area contributed by atoms with Gasteiger partial charge < -0.3 is 4.74 Å². The molecule has 0 saturated carbocycles. The Hall–Kier alpha value is -0.0600. The molecule has 0 saturated heterocycles. The average molecular weight is 467 g/mol. The van der Waals surface area contributed by atoms with Crippen LogP contribution in [0.2, 0.25) is 0 Å². The van der Waals surface area contributed by atoms with Crippen LogP contribution in [0.1, 0.15) is 24.6 Å². The van der Waals surface area contributed by atoms with E-state index in [4.69, 9.17) is 4.74 Å². The van der Waals surface area contributed by atoms with Gasteiger partial charge in [0.2, 0.25) is 0 Å². The standard InChI is InChI=1S/C10H9F2I2NO2/c1-2-17-7(16)3-5-8(14)6(13)4-15-9(5)10(11)12/h4,10H,2-3H2,1H3. The first kappa shape index (κ1) is 15.0. The van der Waals surface area contributed by atoms with E-state index in [0.29, 0.717) is 3.57 Å². The minimum atomic E-state index is -2.69. The van der Waals surface area contributed by atoms with Gasteiger partial charge in [-0.25, -0.2) is 8.78 Å². The van der Waals surface area contributed by atoms with Crippen LogP contribution in [0.15, 0.2) is 6.20 Å². The van der Waals surface area contributed by atoms with Crippen molar-refractivity contribution in [2.75, 3.05) is 6.61 Å². The van der Waals surface area contributed by atoms with Gasteiger partial charge in [-0.05, 0) is 52.1 Å². The average Bonchev–Trinajstić information content (AvgIpc) is 2.25. The van der Waals surface area contributed by atoms with Crippen LogP contribution in [0.4, 0.5) is 8.78 Å². The second kappa shape index (κ2) is 6.76. The van der Waals surface area contributed by atoms with Crippen molar-refractivity contribution in [3.63, 3.8) is 0 Å². The van der Waals surface area contributed by atoms with Crippen LogP contribution >= 0.6 is 45.2 Å². The highest BCUT2D eigenvalue weighted by Crippen LogP contribution is 2.28. The molecule has 0 spiro atoms. The van der Waals surface area contributed by atoms with Crippen LogP contribution in [0.3, 0.4) is 0 Å². The molecular formula is C10H9F2I2NO2. The van der Waals surface area contributed by atoms with Gasteiger partial charge in [0, 0.05) is 18.9 Å². The molecule has 7 heteroatoms. The molecule has 0 radical (unpaired) electrons. The summed E-state index contributed by atoms with van der Waals surface area (Å²) in [6.45, 7) is 1.90. The van der Waals surface area contributed by atoms with E-state index in [1.54, 1.807) is 6.92 Å². The van der Waals surface area contributed by atoms with Crippen molar-refractivity contribution in [2.24, 2.45) is 0 Å². The number of pyridine rings is 1. The fourth-order valence-corrected chi connectivity index (χ4v) is 2.30. The summed E-state index contributed by atoms with van der Waals surface area (Å²) >= 11 is 3.93. The quantitative estimate of drug-likeness (QED) is 0.504. The number of nitrogens with zero attached hydrogens (tertiary/aromatic N) is 1. The van der Waals surface area contributed by atoms with Crippen LogP contribution in [-0.2, 0) is 16.0 Å². The van der Waals surface area contributed by atoms with E-state index in [2.05, 4.69) is 4.98 Å². The Balaban J connectivity index is 3.10. The predicted octanol–water partition coefficient (Wildman–Crippen LogP) is 3.33. The molecule has 0 unspecified atom stereocenters. The molecule has 0 amide bonds. The molecule has 0 aliphatic carbocycles. The molecule has 1 aromatic heterocycles. The number of esters is 1. The first-order chi connectivity index (χ1) is 7.97. The molecule has 0 N–H and O–H groups in total. The lowest BCUT2D eigenvalue weighted by Crippen LogP contribution is -2.12. The number of rotatable bonds is 4. The molecular weight excluding hydrogens is 458 g/mol. The molecule has 0 fully saturated rings. The van der Waals surface area contributed by atoms with Gasteiger partial charge in [0.05, 0.1) is 13.0 Å². The summed E-state index contributed by atoms with van der Waals surface area (Å²) in [7, 11) is 0. The zero-order valence-electron chi connectivity index (χ0n) is 8.84. The smallest absolute Gasteiger partial charge is 0.310 e. The predicted molar refractivity (Wildman–Crippen MR) is 75.0 cm³/mol. The van der Waals surface area contributed by atoms with Crippen molar-refractivity contribution in [3.05, 3.63) is 24.6 Å². The normalized spacial score (nSPS) is 10.7. The molecule has 1 aromatic rings. The minimum absolute atomic E-state index is 0.171. The Bertz CT molecular complexity index is 427. The summed E-state index contributed by atoms with van der Waals surface area (Å²) in [5, 5.41) is 0. The number of carbonyl (C=O) groups excluding carboxylic acids is 1. The summed E-state index contributed by atoms with van der Waals surface area (Å²) in [5.41, 5.74) is -0.0891. The SMILES string of the molecule is CCOC(=O)Cc1c(C(F)F)ncc(I)c1I. The van der Waals surface area contributed by atoms with Crippen LogP contribution in [-0.4, -0.2) is 17.6 Å². The fourth-order valence-electron chi connectivity index (χ4n) is 1.23. The number of hydrogen-bond donors (Lipinski definition) is 0. The summed E-state index contributed by atoms with van der Waals surface area (Å²) in [5.74, 6) is -0.517. The lowest BCUT2D eigenvalue weighted by Gasteiger charge is -2.11. The number of aromatic nitrogens is 1. The van der Waals surface area contributed by atoms with Crippen molar-refractivity contribution in [1.82, 2.24) is 4.98 Å². The minimum Gasteiger partial charge on any atom is -0.466 e. The van der Waals surface area contributed by atoms with Crippen molar-refractivity contribution < 1.29 is 18.3 Å². The van der Waals surface area contributed by atoms with Gasteiger partial charge in [-0.1, -0.05) is 0 Å². The van der Waals surface area contributed by atoms with E-state index >= 15 is 0 Å². The molecule has 0 aliphatic rings. The molecule has 0 aliphatic heterocycles. The molecule has 1 rings (SSSR count). The Labute approximate surface area is 125 Å². The Morgan fingerprint density at radius 2 is 2.18 bits per heavy atom. The Morgan fingerprint density at radius 3 is 2.71 bits per heavy atom. The summed E-state index contributed by atoms with van der Waals surface area (Å²) in [6, 6.07) is 0. The van der Waals surface area contributed by atoms with Gasteiger partial charge in [0.25, 0.3) is 6.43 Å². The highest BCUT2D eigenvalue weighted by atomic mass is 127. The number of hydrogen-bond acceptors (Lipinski definition) is 3. The number of ether oxygens (including phenoxy) is 1. The first-order valence-electron chi connectivity index (χ1n) is 4.73. The summed E-state index contributed by atoms with van der Waals surface area (Å²) in [4.78, 5) is 15.0. The van der Waals surface area contributed by atoms with Crippen LogP contribution < -0.4 is 0 Å². The fraction of sp³-hybridized carbons (Fsp3) is 0.400. The van der Waals surface area contributed by atoms with Gasteiger partial charge >= 0.3 is 5.97 Å². The van der Waals surface area contributed by atoms with Gasteiger partial charge in [-0.2, -0.15) is 0 Å². The Morgan fingerprint density at radius 1 is 1.53 bits per heavy atom. The Kier molecular flexibility index (Phi) is 5.97. The lowest BCUT2D eigenvalue weighted by atomic mass is 10.1. The van der Waals surface area contributed by atoms with E-state index in [1.807, 2.05) is 45.2 Å². The van der Waals surface area contributed by atoms with Crippen molar-refractivity contribution in [3.8, 4) is 0 Å². The van der Waals surface area contributed by atoms with Crippen LogP contribution in [0.5, 0.6) is 0 Å². The van der Waals surface area contributed by atoms with E-state index in [0.717, 1.165) is 3.57 Å². The van der Waals surface area contributed by atoms with Crippen molar-refractivity contribution in [2.45, 2.75) is 19.8 Å². The zero-order chi connectivity index (χ0) is 13.0. The van der Waals surface area contributed by atoms with Gasteiger partial charge in [0.1, 0.15) is 5.69 Å². The monoisotopic (exact) mass is 467 g/mol. The number of carbonyl (C=O) groups is 1. The van der Waals surface area contributed by atoms with Crippen molar-refractivity contribution in [1.29, 1.82) is 0 Å². The third-order valence-electron chi connectivity index (χ3n) is 1.93. The van der Waals surface area contributed by atoms with E-state index in [9.17, 15) is 13.6 Å². The highest BCUT2D eigenvalue weighted by Gasteiger charge is 2.21. The van der Waals surface area contributed by atoms with E-state index < -0.39 is 12.4 Å². The summed E-state index contributed by atoms with van der Waals surface area (Å²) < 4.78 is 31.6. The van der Waals surface area contributed by atoms with E-state index in [-0.39, 0.29) is 24.3 Å². The molecule has 1 heterocycles. The molecule has 17 heavy (non-hydrogen) atoms. The molecule has 94 valence electrons. The molecule has 3 nitrogen and oxygen atoms in total. The third-order valence-corrected chi connectivity index (χ3v) is 5.02. The molecule has 0 bridgehead atoms. The second-order valence-electron chi connectivity index (χ2n) is 3.07. The number of halogens is 4. The molecule has 0 atom stereocenters. The van der Waals surface area contributed by atoms with Crippen LogP contribution in [0, 0.1) is 7.14 Å². The lowest BCUT2D eigenvalue weighted by molar-refractivity contribution is -0.142. The first-order valence-corrected chi connectivity index (χ1v) is 6.89. The van der Waals surface area contributed by atoms with Crippen LogP contribution in [0.25, 0.3) is 0 Å².